The second kappa shape index (κ2) is 7.17. The molecule has 1 aromatic rings. The van der Waals surface area contributed by atoms with Crippen molar-refractivity contribution >= 4 is 5.91 Å². The van der Waals surface area contributed by atoms with Gasteiger partial charge in [0.25, 0.3) is 0 Å². The number of rotatable bonds is 6. The van der Waals surface area contributed by atoms with Crippen LogP contribution in [0.15, 0.2) is 18.2 Å². The number of carbonyl (C=O) groups is 1. The van der Waals surface area contributed by atoms with Crippen LogP contribution in [0.2, 0.25) is 0 Å². The Hall–Kier alpha value is -1.51. The highest BCUT2D eigenvalue weighted by Crippen LogP contribution is 2.19. The molecule has 0 heterocycles. The minimum absolute atomic E-state index is 0.120. The van der Waals surface area contributed by atoms with Crippen molar-refractivity contribution < 1.29 is 9.53 Å². The number of ether oxygens (including phenoxy) is 1. The molecule has 1 rings (SSSR count). The van der Waals surface area contributed by atoms with Gasteiger partial charge in [-0.25, -0.2) is 0 Å². The Balaban J connectivity index is 2.48. The van der Waals surface area contributed by atoms with Gasteiger partial charge in [0.05, 0.1) is 7.11 Å². The highest BCUT2D eigenvalue weighted by molar-refractivity contribution is 5.76. The Morgan fingerprint density at radius 3 is 2.53 bits per heavy atom. The molecule has 0 fully saturated rings. The van der Waals surface area contributed by atoms with Crippen molar-refractivity contribution in [1.82, 2.24) is 5.32 Å². The quantitative estimate of drug-likeness (QED) is 0.856. The molecule has 1 atom stereocenters. The summed E-state index contributed by atoms with van der Waals surface area (Å²) in [7, 11) is 1.67. The fourth-order valence-electron chi connectivity index (χ4n) is 1.85. The zero-order valence-corrected chi connectivity index (χ0v) is 12.6. The van der Waals surface area contributed by atoms with Crippen LogP contribution in [0.1, 0.15) is 38.3 Å². The Morgan fingerprint density at radius 1 is 1.32 bits per heavy atom. The van der Waals surface area contributed by atoms with E-state index in [1.165, 1.54) is 5.56 Å². The van der Waals surface area contributed by atoms with Gasteiger partial charge in [-0.1, -0.05) is 26.0 Å². The van der Waals surface area contributed by atoms with Gasteiger partial charge in [0.15, 0.2) is 0 Å². The van der Waals surface area contributed by atoms with Crippen LogP contribution in [0.5, 0.6) is 5.75 Å². The topological polar surface area (TPSA) is 38.3 Å². The number of benzene rings is 1. The van der Waals surface area contributed by atoms with Gasteiger partial charge >= 0.3 is 0 Å². The van der Waals surface area contributed by atoms with Crippen molar-refractivity contribution in [3.63, 3.8) is 0 Å². The zero-order valence-electron chi connectivity index (χ0n) is 12.6. The Kier molecular flexibility index (Phi) is 5.87. The van der Waals surface area contributed by atoms with E-state index >= 15 is 0 Å². The van der Waals surface area contributed by atoms with Gasteiger partial charge in [-0.2, -0.15) is 0 Å². The lowest BCUT2D eigenvalue weighted by Gasteiger charge is -2.17. The summed E-state index contributed by atoms with van der Waals surface area (Å²) in [5.41, 5.74) is 2.28. The normalized spacial score (nSPS) is 12.3. The maximum atomic E-state index is 11.8. The monoisotopic (exact) mass is 263 g/mol. The average Bonchev–Trinajstić information content (AvgIpc) is 2.36. The first kappa shape index (κ1) is 15.5. The van der Waals surface area contributed by atoms with E-state index in [1.807, 2.05) is 26.0 Å². The Labute approximate surface area is 116 Å². The molecule has 0 aliphatic rings. The Morgan fingerprint density at radius 2 is 2.00 bits per heavy atom. The molecule has 1 N–H and O–H groups in total. The molecule has 0 unspecified atom stereocenters. The number of aryl methyl sites for hydroxylation is 2. The summed E-state index contributed by atoms with van der Waals surface area (Å²) < 4.78 is 5.23. The van der Waals surface area contributed by atoms with Crippen LogP contribution in [-0.4, -0.2) is 19.1 Å². The van der Waals surface area contributed by atoms with Crippen molar-refractivity contribution in [1.29, 1.82) is 0 Å². The third-order valence-corrected chi connectivity index (χ3v) is 3.49. The summed E-state index contributed by atoms with van der Waals surface area (Å²) >= 11 is 0. The van der Waals surface area contributed by atoms with E-state index in [2.05, 4.69) is 25.2 Å². The van der Waals surface area contributed by atoms with Crippen LogP contribution in [0.4, 0.5) is 0 Å². The first-order valence-corrected chi connectivity index (χ1v) is 6.87. The molecular weight excluding hydrogens is 238 g/mol. The van der Waals surface area contributed by atoms with Crippen molar-refractivity contribution in [3.05, 3.63) is 29.3 Å². The van der Waals surface area contributed by atoms with Crippen molar-refractivity contribution in [2.24, 2.45) is 5.92 Å². The second-order valence-corrected chi connectivity index (χ2v) is 5.40. The minimum Gasteiger partial charge on any atom is -0.496 e. The summed E-state index contributed by atoms with van der Waals surface area (Å²) in [6, 6.07) is 6.28. The smallest absolute Gasteiger partial charge is 0.220 e. The fraction of sp³-hybridized carbons (Fsp3) is 0.562. The summed E-state index contributed by atoms with van der Waals surface area (Å²) in [6.07, 6.45) is 1.30. The van der Waals surface area contributed by atoms with E-state index < -0.39 is 0 Å². The summed E-state index contributed by atoms with van der Waals surface area (Å²) in [5.74, 6) is 1.48. The molecule has 0 spiro atoms. The molecule has 1 amide bonds. The number of nitrogens with one attached hydrogen (secondary N) is 1. The van der Waals surface area contributed by atoms with Crippen molar-refractivity contribution in [2.45, 2.75) is 46.6 Å². The molecule has 19 heavy (non-hydrogen) atoms. The Bertz CT molecular complexity index is 427. The van der Waals surface area contributed by atoms with Crippen LogP contribution < -0.4 is 10.1 Å². The molecule has 1 aromatic carbocycles. The number of amides is 1. The third kappa shape index (κ3) is 4.93. The predicted octanol–water partition coefficient (Wildman–Crippen LogP) is 3.10. The highest BCUT2D eigenvalue weighted by Gasteiger charge is 2.10. The maximum absolute atomic E-state index is 11.8. The van der Waals surface area contributed by atoms with Gasteiger partial charge in [0.2, 0.25) is 5.91 Å². The van der Waals surface area contributed by atoms with E-state index in [0.29, 0.717) is 12.3 Å². The SMILES string of the molecule is COc1ccc(CCC(=O)N[C@H](C)C(C)C)cc1C. The minimum atomic E-state index is 0.120. The highest BCUT2D eigenvalue weighted by atomic mass is 16.5. The molecule has 3 heteroatoms. The first-order chi connectivity index (χ1) is 8.93. The summed E-state index contributed by atoms with van der Waals surface area (Å²) in [6.45, 7) is 8.28. The van der Waals surface area contributed by atoms with Crippen LogP contribution in [0.25, 0.3) is 0 Å². The van der Waals surface area contributed by atoms with Gasteiger partial charge in [-0.3, -0.25) is 4.79 Å². The number of carbonyl (C=O) groups excluding carboxylic acids is 1. The van der Waals surface area contributed by atoms with E-state index in [4.69, 9.17) is 4.74 Å². The van der Waals surface area contributed by atoms with Gasteiger partial charge in [-0.05, 0) is 43.4 Å². The first-order valence-electron chi connectivity index (χ1n) is 6.87. The van der Waals surface area contributed by atoms with Crippen molar-refractivity contribution in [2.75, 3.05) is 7.11 Å². The van der Waals surface area contributed by atoms with Crippen LogP contribution >= 0.6 is 0 Å². The lowest BCUT2D eigenvalue weighted by atomic mass is 10.0. The lowest BCUT2D eigenvalue weighted by Crippen LogP contribution is -2.36. The number of hydrogen-bond donors (Lipinski definition) is 1. The summed E-state index contributed by atoms with van der Waals surface area (Å²) in [4.78, 5) is 11.8. The molecular formula is C16H25NO2. The van der Waals surface area contributed by atoms with Crippen LogP contribution in [0, 0.1) is 12.8 Å². The van der Waals surface area contributed by atoms with Crippen molar-refractivity contribution in [3.8, 4) is 5.75 Å². The number of hydrogen-bond acceptors (Lipinski definition) is 2. The van der Waals surface area contributed by atoms with Crippen LogP contribution in [0.3, 0.4) is 0 Å². The largest absolute Gasteiger partial charge is 0.496 e. The molecule has 0 saturated heterocycles. The van der Waals surface area contributed by atoms with E-state index in [9.17, 15) is 4.79 Å². The van der Waals surface area contributed by atoms with Gasteiger partial charge < -0.3 is 10.1 Å². The van der Waals surface area contributed by atoms with Crippen LogP contribution in [-0.2, 0) is 11.2 Å². The molecule has 3 nitrogen and oxygen atoms in total. The van der Waals surface area contributed by atoms with E-state index in [1.54, 1.807) is 7.11 Å². The third-order valence-electron chi connectivity index (χ3n) is 3.49. The molecule has 0 bridgehead atoms. The number of methoxy groups -OCH3 is 1. The molecule has 0 aromatic heterocycles. The standard InChI is InChI=1S/C16H25NO2/c1-11(2)13(4)17-16(18)9-7-14-6-8-15(19-5)12(3)10-14/h6,8,10-11,13H,7,9H2,1-5H3,(H,17,18)/t13-/m1/s1. The second-order valence-electron chi connectivity index (χ2n) is 5.40. The lowest BCUT2D eigenvalue weighted by molar-refractivity contribution is -0.121. The zero-order chi connectivity index (χ0) is 14.4. The van der Waals surface area contributed by atoms with E-state index in [-0.39, 0.29) is 11.9 Å². The molecule has 0 aliphatic carbocycles. The van der Waals surface area contributed by atoms with Gasteiger partial charge in [0.1, 0.15) is 5.75 Å². The molecule has 106 valence electrons. The molecule has 0 radical (unpaired) electrons. The van der Waals surface area contributed by atoms with Gasteiger partial charge in [-0.15, -0.1) is 0 Å². The van der Waals surface area contributed by atoms with E-state index in [0.717, 1.165) is 17.7 Å². The average molecular weight is 263 g/mol. The maximum Gasteiger partial charge on any atom is 0.220 e. The van der Waals surface area contributed by atoms with Gasteiger partial charge in [0, 0.05) is 12.5 Å². The predicted molar refractivity (Wildman–Crippen MR) is 78.5 cm³/mol. The summed E-state index contributed by atoms with van der Waals surface area (Å²) in [5, 5.41) is 3.02. The molecule has 0 saturated carbocycles. The fourth-order valence-corrected chi connectivity index (χ4v) is 1.85. The molecule has 0 aliphatic heterocycles.